The monoisotopic (exact) mass is 512 g/mol. The number of benzene rings is 1. The molecule has 2 aliphatic rings. The smallest absolute Gasteiger partial charge is 0.248 e. The summed E-state index contributed by atoms with van der Waals surface area (Å²) < 4.78 is 0. The fourth-order valence-electron chi connectivity index (χ4n) is 5.11. The number of nitrogens with zero attached hydrogens (tertiary/aromatic N) is 2. The zero-order valence-corrected chi connectivity index (χ0v) is 22.1. The molecule has 4 rings (SSSR count). The molecular formula is C28H37ClN4O3. The molecular weight excluding hydrogens is 476 g/mol. The number of aliphatic hydroxyl groups is 1. The zero-order valence-electron chi connectivity index (χ0n) is 21.3. The molecule has 36 heavy (non-hydrogen) atoms. The Morgan fingerprint density at radius 2 is 1.94 bits per heavy atom. The van der Waals surface area contributed by atoms with Gasteiger partial charge in [-0.15, -0.1) is 0 Å². The molecule has 2 amide bonds. The third-order valence-corrected chi connectivity index (χ3v) is 7.48. The van der Waals surface area contributed by atoms with Crippen LogP contribution in [0.3, 0.4) is 0 Å². The summed E-state index contributed by atoms with van der Waals surface area (Å²) in [5.41, 5.74) is 1.97. The van der Waals surface area contributed by atoms with Gasteiger partial charge in [0.25, 0.3) is 0 Å². The topological polar surface area (TPSA) is 94.6 Å². The van der Waals surface area contributed by atoms with Crippen molar-refractivity contribution in [3.8, 4) is 0 Å². The van der Waals surface area contributed by atoms with E-state index in [9.17, 15) is 14.7 Å². The van der Waals surface area contributed by atoms with Gasteiger partial charge < -0.3 is 15.7 Å². The molecule has 3 N–H and O–H groups in total. The van der Waals surface area contributed by atoms with Gasteiger partial charge in [0.15, 0.2) is 0 Å². The van der Waals surface area contributed by atoms with Gasteiger partial charge in [0.2, 0.25) is 11.8 Å². The van der Waals surface area contributed by atoms with E-state index in [4.69, 9.17) is 11.6 Å². The Bertz CT molecular complexity index is 1070. The van der Waals surface area contributed by atoms with Crippen LogP contribution < -0.4 is 15.5 Å². The Morgan fingerprint density at radius 3 is 2.53 bits per heavy atom. The summed E-state index contributed by atoms with van der Waals surface area (Å²) >= 11 is 6.83. The highest BCUT2D eigenvalue weighted by atomic mass is 35.5. The quantitative estimate of drug-likeness (QED) is 0.537. The van der Waals surface area contributed by atoms with Gasteiger partial charge in [-0.2, -0.15) is 0 Å². The summed E-state index contributed by atoms with van der Waals surface area (Å²) in [4.78, 5) is 33.7. The van der Waals surface area contributed by atoms with Crippen LogP contribution in [0.2, 0.25) is 5.02 Å². The largest absolute Gasteiger partial charge is 0.392 e. The lowest BCUT2D eigenvalue weighted by molar-refractivity contribution is -0.128. The molecule has 2 heterocycles. The van der Waals surface area contributed by atoms with Gasteiger partial charge in [-0.25, -0.2) is 0 Å². The van der Waals surface area contributed by atoms with Crippen LogP contribution in [0.1, 0.15) is 76.5 Å². The molecule has 7 nitrogen and oxygen atoms in total. The second kappa shape index (κ2) is 11.3. The molecule has 8 heteroatoms. The highest BCUT2D eigenvalue weighted by Crippen LogP contribution is 2.37. The van der Waals surface area contributed by atoms with Crippen molar-refractivity contribution in [2.45, 2.75) is 88.9 Å². The molecule has 3 unspecified atom stereocenters. The molecule has 1 saturated carbocycles. The standard InChI is InChI=1S/C28H37ClN4O3/c1-28(2,3)19-11-12-24(22(29)14-19)33(27(36)23-15-21(34)17-31-23)25(18-8-7-13-30-16-18)26(35)32-20-9-5-4-6-10-20/h7-8,11-14,16,20-21,23,25,31,34H,4-6,9-10,15,17H2,1-3H3,(H,32,35). The van der Waals surface area contributed by atoms with E-state index in [0.29, 0.717) is 22.8 Å². The van der Waals surface area contributed by atoms with E-state index >= 15 is 0 Å². The molecule has 0 bridgehead atoms. The second-order valence-corrected chi connectivity index (χ2v) is 11.4. The summed E-state index contributed by atoms with van der Waals surface area (Å²) in [5, 5.41) is 16.8. The van der Waals surface area contributed by atoms with Gasteiger partial charge in [0.05, 0.1) is 22.9 Å². The van der Waals surface area contributed by atoms with Gasteiger partial charge in [-0.1, -0.05) is 63.8 Å². The maximum absolute atomic E-state index is 14.0. The summed E-state index contributed by atoms with van der Waals surface area (Å²) in [7, 11) is 0. The van der Waals surface area contributed by atoms with Crippen molar-refractivity contribution in [2.24, 2.45) is 0 Å². The van der Waals surface area contributed by atoms with E-state index in [-0.39, 0.29) is 29.7 Å². The van der Waals surface area contributed by atoms with Crippen LogP contribution in [0.25, 0.3) is 0 Å². The summed E-state index contributed by atoms with van der Waals surface area (Å²) in [6.07, 6.45) is 8.11. The number of nitrogens with one attached hydrogen (secondary N) is 2. The van der Waals surface area contributed by atoms with E-state index in [1.807, 2.05) is 24.3 Å². The van der Waals surface area contributed by atoms with Gasteiger partial charge in [0.1, 0.15) is 6.04 Å². The zero-order chi connectivity index (χ0) is 25.9. The normalized spacial score (nSPS) is 21.7. The van der Waals surface area contributed by atoms with E-state index in [1.54, 1.807) is 18.5 Å². The molecule has 194 valence electrons. The number of aliphatic hydroxyl groups excluding tert-OH is 1. The highest BCUT2D eigenvalue weighted by molar-refractivity contribution is 6.34. The van der Waals surface area contributed by atoms with Crippen LogP contribution in [0, 0.1) is 0 Å². The number of hydrogen-bond acceptors (Lipinski definition) is 5. The minimum atomic E-state index is -0.953. The molecule has 1 aromatic carbocycles. The van der Waals surface area contributed by atoms with E-state index in [1.165, 1.54) is 11.3 Å². The average Bonchev–Trinajstić information content (AvgIpc) is 3.29. The first-order valence-corrected chi connectivity index (χ1v) is 13.3. The Labute approximate surface area is 218 Å². The molecule has 1 aliphatic carbocycles. The van der Waals surface area contributed by atoms with Crippen molar-refractivity contribution < 1.29 is 14.7 Å². The Balaban J connectivity index is 1.79. The lowest BCUT2D eigenvalue weighted by Crippen LogP contribution is -2.51. The van der Waals surface area contributed by atoms with Gasteiger partial charge in [-0.3, -0.25) is 19.5 Å². The van der Waals surface area contributed by atoms with E-state index in [0.717, 1.165) is 31.2 Å². The molecule has 1 aliphatic heterocycles. The van der Waals surface area contributed by atoms with Crippen molar-refractivity contribution in [3.05, 3.63) is 58.9 Å². The highest BCUT2D eigenvalue weighted by Gasteiger charge is 2.40. The van der Waals surface area contributed by atoms with Crippen molar-refractivity contribution in [1.29, 1.82) is 0 Å². The van der Waals surface area contributed by atoms with Gasteiger partial charge in [0, 0.05) is 30.5 Å². The number of carbonyl (C=O) groups excluding carboxylic acids is 2. The predicted octanol–water partition coefficient (Wildman–Crippen LogP) is 4.28. The fraction of sp³-hybridized carbons (Fsp3) is 0.536. The molecule has 1 saturated heterocycles. The SMILES string of the molecule is CC(C)(C)c1ccc(N(C(=O)C2CC(O)CN2)C(C(=O)NC2CCCCC2)c2cccnc2)c(Cl)c1. The molecule has 0 spiro atoms. The Hall–Kier alpha value is -2.48. The van der Waals surface area contributed by atoms with Gasteiger partial charge in [-0.05, 0) is 48.4 Å². The summed E-state index contributed by atoms with van der Waals surface area (Å²) in [5.74, 6) is -0.553. The first-order chi connectivity index (χ1) is 17.1. The number of pyridine rings is 1. The second-order valence-electron chi connectivity index (χ2n) is 11.0. The van der Waals surface area contributed by atoms with Gasteiger partial charge >= 0.3 is 0 Å². The molecule has 0 radical (unpaired) electrons. The molecule has 1 aromatic heterocycles. The molecule has 2 aromatic rings. The lowest BCUT2D eigenvalue weighted by atomic mass is 9.87. The first kappa shape index (κ1) is 26.6. The molecule has 2 fully saturated rings. The number of rotatable bonds is 6. The first-order valence-electron chi connectivity index (χ1n) is 12.9. The van der Waals surface area contributed by atoms with E-state index in [2.05, 4.69) is 36.4 Å². The third kappa shape index (κ3) is 6.07. The minimum Gasteiger partial charge on any atom is -0.392 e. The van der Waals surface area contributed by atoms with Crippen LogP contribution in [0.4, 0.5) is 5.69 Å². The number of carbonyl (C=O) groups is 2. The number of hydrogen-bond donors (Lipinski definition) is 3. The average molecular weight is 513 g/mol. The third-order valence-electron chi connectivity index (χ3n) is 7.17. The number of aromatic nitrogens is 1. The number of amides is 2. The van der Waals surface area contributed by atoms with Crippen LogP contribution in [0.5, 0.6) is 0 Å². The number of anilines is 1. The predicted molar refractivity (Wildman–Crippen MR) is 142 cm³/mol. The Kier molecular flexibility index (Phi) is 8.33. The summed E-state index contributed by atoms with van der Waals surface area (Å²) in [6.45, 7) is 6.62. The van der Waals surface area contributed by atoms with Crippen LogP contribution in [-0.2, 0) is 15.0 Å². The van der Waals surface area contributed by atoms with Crippen molar-refractivity contribution >= 4 is 29.1 Å². The van der Waals surface area contributed by atoms with Crippen LogP contribution >= 0.6 is 11.6 Å². The van der Waals surface area contributed by atoms with E-state index < -0.39 is 18.2 Å². The maximum Gasteiger partial charge on any atom is 0.248 e. The Morgan fingerprint density at radius 1 is 1.19 bits per heavy atom. The number of halogens is 1. The summed E-state index contributed by atoms with van der Waals surface area (Å²) in [6, 6.07) is 7.72. The van der Waals surface area contributed by atoms with Crippen molar-refractivity contribution in [3.63, 3.8) is 0 Å². The lowest BCUT2D eigenvalue weighted by Gasteiger charge is -2.35. The van der Waals surface area contributed by atoms with Crippen LogP contribution in [0.15, 0.2) is 42.7 Å². The number of β-amino-alcohol motifs (C(OH)–C–C–N with tert-alkyl or cyclic N) is 1. The molecule has 3 atom stereocenters. The van der Waals surface area contributed by atoms with Crippen molar-refractivity contribution in [2.75, 3.05) is 11.4 Å². The minimum absolute atomic E-state index is 0.0764. The maximum atomic E-state index is 14.0. The fourth-order valence-corrected chi connectivity index (χ4v) is 5.38. The van der Waals surface area contributed by atoms with Crippen molar-refractivity contribution in [1.82, 2.24) is 15.6 Å². The van der Waals surface area contributed by atoms with Crippen LogP contribution in [-0.4, -0.2) is 46.6 Å².